The summed E-state index contributed by atoms with van der Waals surface area (Å²) in [6.45, 7) is 1.99. The third-order valence-electron chi connectivity index (χ3n) is 4.77. The van der Waals surface area contributed by atoms with Crippen LogP contribution in [0.1, 0.15) is 23.7 Å². The molecule has 0 spiro atoms. The van der Waals surface area contributed by atoms with E-state index in [1.54, 1.807) is 6.07 Å². The van der Waals surface area contributed by atoms with Gasteiger partial charge in [-0.05, 0) is 48.7 Å². The van der Waals surface area contributed by atoms with Crippen LogP contribution in [0.5, 0.6) is 0 Å². The van der Waals surface area contributed by atoms with Gasteiger partial charge in [0.25, 0.3) is 5.91 Å². The molecule has 6 heteroatoms. The molecule has 5 nitrogen and oxygen atoms in total. The summed E-state index contributed by atoms with van der Waals surface area (Å²) in [5.41, 5.74) is 1.09. The van der Waals surface area contributed by atoms with Gasteiger partial charge in [-0.2, -0.15) is 0 Å². The van der Waals surface area contributed by atoms with Crippen LogP contribution in [0, 0.1) is 17.7 Å². The van der Waals surface area contributed by atoms with E-state index in [1.807, 2.05) is 37.3 Å². The van der Waals surface area contributed by atoms with Crippen LogP contribution >= 0.6 is 0 Å². The molecule has 2 amide bonds. The highest BCUT2D eigenvalue weighted by Gasteiger charge is 2.39. The van der Waals surface area contributed by atoms with Gasteiger partial charge in [-0.15, -0.1) is 0 Å². The summed E-state index contributed by atoms with van der Waals surface area (Å²) in [6.07, 6.45) is 0.829. The average Bonchev–Trinajstić information content (AvgIpc) is 3.40. The number of benzene rings is 2. The Morgan fingerprint density at radius 3 is 2.63 bits per heavy atom. The number of rotatable bonds is 4. The van der Waals surface area contributed by atoms with E-state index in [4.69, 9.17) is 0 Å². The van der Waals surface area contributed by atoms with E-state index in [-0.39, 0.29) is 17.4 Å². The first kappa shape index (κ1) is 17.1. The van der Waals surface area contributed by atoms with Gasteiger partial charge in [-0.25, -0.2) is 9.37 Å². The van der Waals surface area contributed by atoms with Crippen LogP contribution < -0.4 is 10.6 Å². The molecule has 1 fully saturated rings. The molecule has 0 radical (unpaired) electrons. The van der Waals surface area contributed by atoms with Gasteiger partial charge in [-0.3, -0.25) is 9.59 Å². The van der Waals surface area contributed by atoms with Crippen LogP contribution in [-0.2, 0) is 4.79 Å². The van der Waals surface area contributed by atoms with Crippen molar-refractivity contribution in [3.8, 4) is 0 Å². The molecule has 1 aliphatic carbocycles. The van der Waals surface area contributed by atoms with Crippen molar-refractivity contribution in [2.24, 2.45) is 11.8 Å². The number of anilines is 2. The van der Waals surface area contributed by atoms with Crippen LogP contribution in [0.25, 0.3) is 10.9 Å². The molecule has 2 atom stereocenters. The second kappa shape index (κ2) is 6.79. The summed E-state index contributed by atoms with van der Waals surface area (Å²) in [7, 11) is 0. The van der Waals surface area contributed by atoms with Crippen LogP contribution in [0.15, 0.2) is 54.6 Å². The molecule has 2 aromatic carbocycles. The minimum atomic E-state index is -0.551. The Kier molecular flexibility index (Phi) is 4.32. The number of fused-ring (bicyclic) bond motifs is 1. The zero-order chi connectivity index (χ0) is 19.0. The number of nitrogens with zero attached hydrogens (tertiary/aromatic N) is 1. The molecular formula is C21H18FN3O2. The number of carbonyl (C=O) groups is 2. The smallest absolute Gasteiger partial charge is 0.259 e. The van der Waals surface area contributed by atoms with E-state index in [1.165, 1.54) is 12.1 Å². The first-order valence-corrected chi connectivity index (χ1v) is 8.79. The maximum Gasteiger partial charge on any atom is 0.259 e. The first-order chi connectivity index (χ1) is 13.0. The van der Waals surface area contributed by atoms with Crippen molar-refractivity contribution in [3.05, 3.63) is 66.0 Å². The van der Waals surface area contributed by atoms with Crippen molar-refractivity contribution in [1.29, 1.82) is 0 Å². The molecule has 0 aliphatic heterocycles. The molecule has 27 heavy (non-hydrogen) atoms. The lowest BCUT2D eigenvalue weighted by Gasteiger charge is -2.12. The van der Waals surface area contributed by atoms with Crippen LogP contribution in [0.3, 0.4) is 0 Å². The molecule has 0 saturated heterocycles. The van der Waals surface area contributed by atoms with Crippen LogP contribution in [0.2, 0.25) is 0 Å². The topological polar surface area (TPSA) is 71.1 Å². The minimum Gasteiger partial charge on any atom is -0.325 e. The third kappa shape index (κ3) is 3.65. The average molecular weight is 363 g/mol. The van der Waals surface area contributed by atoms with Crippen molar-refractivity contribution >= 4 is 34.2 Å². The Labute approximate surface area is 155 Å². The number of pyridine rings is 1. The molecule has 0 bridgehead atoms. The maximum atomic E-state index is 13.7. The summed E-state index contributed by atoms with van der Waals surface area (Å²) in [6, 6.07) is 14.8. The van der Waals surface area contributed by atoms with E-state index in [2.05, 4.69) is 15.6 Å². The Bertz CT molecular complexity index is 1050. The second-order valence-electron chi connectivity index (χ2n) is 6.84. The standard InChI is InChI=1S/C21H18FN3O2/c1-12-10-15(12)20(26)24-18-8-7-14(22)11-16(18)21(27)25-19-9-6-13-4-2-3-5-17(13)23-19/h2-9,11-12,15H,10H2,1H3,(H,24,26)(H,23,25,27)/t12-,15-/m0/s1. The number of nitrogens with one attached hydrogen (secondary N) is 2. The highest BCUT2D eigenvalue weighted by atomic mass is 19.1. The Hall–Kier alpha value is -3.28. The van der Waals surface area contributed by atoms with Gasteiger partial charge in [-0.1, -0.05) is 25.1 Å². The molecule has 0 unspecified atom stereocenters. The summed E-state index contributed by atoms with van der Waals surface area (Å²) >= 11 is 0. The zero-order valence-electron chi connectivity index (χ0n) is 14.7. The lowest BCUT2D eigenvalue weighted by atomic mass is 10.1. The lowest BCUT2D eigenvalue weighted by Crippen LogP contribution is -2.20. The number of carbonyl (C=O) groups excluding carboxylic acids is 2. The fraction of sp³-hybridized carbons (Fsp3) is 0.190. The fourth-order valence-corrected chi connectivity index (χ4v) is 3.05. The second-order valence-corrected chi connectivity index (χ2v) is 6.84. The highest BCUT2D eigenvalue weighted by Crippen LogP contribution is 2.38. The highest BCUT2D eigenvalue weighted by molar-refractivity contribution is 6.10. The number of aromatic nitrogens is 1. The van der Waals surface area contributed by atoms with Crippen LogP contribution in [0.4, 0.5) is 15.9 Å². The monoisotopic (exact) mass is 363 g/mol. The molecule has 4 rings (SSSR count). The van der Waals surface area contributed by atoms with Gasteiger partial charge in [0.05, 0.1) is 16.8 Å². The minimum absolute atomic E-state index is 0.0480. The van der Waals surface area contributed by atoms with E-state index < -0.39 is 11.7 Å². The van der Waals surface area contributed by atoms with Gasteiger partial charge < -0.3 is 10.6 Å². The number of para-hydroxylation sites is 1. The third-order valence-corrected chi connectivity index (χ3v) is 4.77. The predicted octanol–water partition coefficient (Wildman–Crippen LogP) is 4.22. The largest absolute Gasteiger partial charge is 0.325 e. The van der Waals surface area contributed by atoms with E-state index in [0.29, 0.717) is 17.4 Å². The van der Waals surface area contributed by atoms with Crippen LogP contribution in [-0.4, -0.2) is 16.8 Å². The first-order valence-electron chi connectivity index (χ1n) is 8.79. The number of hydrogen-bond donors (Lipinski definition) is 2. The number of halogens is 1. The summed E-state index contributed by atoms with van der Waals surface area (Å²) in [4.78, 5) is 29.3. The summed E-state index contributed by atoms with van der Waals surface area (Å²) in [5, 5.41) is 6.37. The van der Waals surface area contributed by atoms with E-state index >= 15 is 0 Å². The molecule has 1 saturated carbocycles. The molecule has 1 aliphatic rings. The van der Waals surface area contributed by atoms with Gasteiger partial charge in [0.2, 0.25) is 5.91 Å². The molecule has 136 valence electrons. The number of hydrogen-bond acceptors (Lipinski definition) is 3. The summed E-state index contributed by atoms with van der Waals surface area (Å²) in [5.74, 6) is -0.582. The Balaban J connectivity index is 1.58. The summed E-state index contributed by atoms with van der Waals surface area (Å²) < 4.78 is 13.7. The van der Waals surface area contributed by atoms with Crippen molar-refractivity contribution in [2.75, 3.05) is 10.6 Å². The molecule has 1 heterocycles. The Morgan fingerprint density at radius 1 is 1.07 bits per heavy atom. The molecule has 2 N–H and O–H groups in total. The predicted molar refractivity (Wildman–Crippen MR) is 102 cm³/mol. The quantitative estimate of drug-likeness (QED) is 0.729. The van der Waals surface area contributed by atoms with Crippen molar-refractivity contribution < 1.29 is 14.0 Å². The van der Waals surface area contributed by atoms with E-state index in [9.17, 15) is 14.0 Å². The van der Waals surface area contributed by atoms with Crippen molar-refractivity contribution in [2.45, 2.75) is 13.3 Å². The fourth-order valence-electron chi connectivity index (χ4n) is 3.05. The lowest BCUT2D eigenvalue weighted by molar-refractivity contribution is -0.117. The zero-order valence-corrected chi connectivity index (χ0v) is 14.7. The van der Waals surface area contributed by atoms with Gasteiger partial charge in [0.1, 0.15) is 11.6 Å². The molecular weight excluding hydrogens is 345 g/mol. The Morgan fingerprint density at radius 2 is 1.85 bits per heavy atom. The van der Waals surface area contributed by atoms with E-state index in [0.717, 1.165) is 23.4 Å². The van der Waals surface area contributed by atoms with Gasteiger partial charge in [0.15, 0.2) is 0 Å². The number of amides is 2. The SMILES string of the molecule is C[C@H]1C[C@@H]1C(=O)Nc1ccc(F)cc1C(=O)Nc1ccc2ccccc2n1. The molecule has 3 aromatic rings. The molecule has 1 aromatic heterocycles. The maximum absolute atomic E-state index is 13.7. The van der Waals surface area contributed by atoms with Crippen molar-refractivity contribution in [3.63, 3.8) is 0 Å². The van der Waals surface area contributed by atoms with Crippen molar-refractivity contribution in [1.82, 2.24) is 4.98 Å². The van der Waals surface area contributed by atoms with Gasteiger partial charge in [0, 0.05) is 11.3 Å². The normalized spacial score (nSPS) is 18.1. The van der Waals surface area contributed by atoms with Gasteiger partial charge >= 0.3 is 0 Å².